The number of aliphatic carboxylic acids is 1. The Morgan fingerprint density at radius 1 is 1.37 bits per heavy atom. The van der Waals surface area contributed by atoms with E-state index >= 15 is 0 Å². The SMILES string of the molecule is CCC(CC)(CNCc1ccc(Cl)c(C)c1)C(=O)O. The Morgan fingerprint density at radius 3 is 2.47 bits per heavy atom. The molecule has 0 aliphatic heterocycles. The summed E-state index contributed by atoms with van der Waals surface area (Å²) in [4.78, 5) is 11.4. The zero-order valence-electron chi connectivity index (χ0n) is 11.8. The first-order chi connectivity index (χ1) is 8.95. The van der Waals surface area contributed by atoms with Gasteiger partial charge in [0, 0.05) is 18.1 Å². The number of carboxylic acids is 1. The second-order valence-electron chi connectivity index (χ2n) is 4.98. The smallest absolute Gasteiger partial charge is 0.310 e. The van der Waals surface area contributed by atoms with Gasteiger partial charge in [-0.15, -0.1) is 0 Å². The molecule has 1 rings (SSSR count). The number of carboxylic acid groups (broad SMARTS) is 1. The predicted molar refractivity (Wildman–Crippen MR) is 78.5 cm³/mol. The van der Waals surface area contributed by atoms with E-state index in [0.29, 0.717) is 25.9 Å². The van der Waals surface area contributed by atoms with Gasteiger partial charge in [0.25, 0.3) is 0 Å². The van der Waals surface area contributed by atoms with Crippen LogP contribution < -0.4 is 5.32 Å². The molecule has 0 bridgehead atoms. The number of hydrogen-bond donors (Lipinski definition) is 2. The molecule has 4 heteroatoms. The van der Waals surface area contributed by atoms with Crippen LogP contribution in [0.25, 0.3) is 0 Å². The third-order valence-electron chi connectivity index (χ3n) is 3.82. The summed E-state index contributed by atoms with van der Waals surface area (Å²) in [6.45, 7) is 6.95. The quantitative estimate of drug-likeness (QED) is 0.803. The lowest BCUT2D eigenvalue weighted by atomic mass is 9.82. The van der Waals surface area contributed by atoms with Crippen molar-refractivity contribution in [1.29, 1.82) is 0 Å². The van der Waals surface area contributed by atoms with Gasteiger partial charge in [-0.05, 0) is 37.0 Å². The van der Waals surface area contributed by atoms with E-state index in [4.69, 9.17) is 11.6 Å². The van der Waals surface area contributed by atoms with Crippen LogP contribution in [0.4, 0.5) is 0 Å². The van der Waals surface area contributed by atoms with Crippen LogP contribution in [0.5, 0.6) is 0 Å². The standard InChI is InChI=1S/C15H22ClNO2/c1-4-15(5-2,14(18)19)10-17-9-12-6-7-13(16)11(3)8-12/h6-8,17H,4-5,9-10H2,1-3H3,(H,18,19). The first-order valence-corrected chi connectivity index (χ1v) is 7.02. The number of hydrogen-bond acceptors (Lipinski definition) is 2. The van der Waals surface area contributed by atoms with Gasteiger partial charge in [-0.3, -0.25) is 4.79 Å². The maximum Gasteiger partial charge on any atom is 0.310 e. The fourth-order valence-electron chi connectivity index (χ4n) is 2.14. The summed E-state index contributed by atoms with van der Waals surface area (Å²) in [5.41, 5.74) is 1.49. The average molecular weight is 284 g/mol. The van der Waals surface area contributed by atoms with E-state index in [1.54, 1.807) is 0 Å². The molecule has 0 unspecified atom stereocenters. The van der Waals surface area contributed by atoms with Gasteiger partial charge in [-0.1, -0.05) is 37.6 Å². The maximum atomic E-state index is 11.4. The first-order valence-electron chi connectivity index (χ1n) is 6.64. The molecule has 19 heavy (non-hydrogen) atoms. The van der Waals surface area contributed by atoms with Crippen molar-refractivity contribution in [1.82, 2.24) is 5.32 Å². The van der Waals surface area contributed by atoms with E-state index in [1.807, 2.05) is 39.0 Å². The summed E-state index contributed by atoms with van der Waals surface area (Å²) in [7, 11) is 0. The number of carbonyl (C=O) groups is 1. The second-order valence-corrected chi connectivity index (χ2v) is 5.39. The Bertz CT molecular complexity index is 442. The van der Waals surface area contributed by atoms with Gasteiger partial charge in [0.2, 0.25) is 0 Å². The van der Waals surface area contributed by atoms with Crippen LogP contribution in [-0.2, 0) is 11.3 Å². The van der Waals surface area contributed by atoms with Crippen molar-refractivity contribution in [2.24, 2.45) is 5.41 Å². The Labute approximate surface area is 120 Å². The Kier molecular flexibility index (Phi) is 5.83. The fraction of sp³-hybridized carbons (Fsp3) is 0.533. The summed E-state index contributed by atoms with van der Waals surface area (Å²) in [5.74, 6) is -0.725. The van der Waals surface area contributed by atoms with E-state index in [-0.39, 0.29) is 0 Å². The van der Waals surface area contributed by atoms with Gasteiger partial charge in [0.05, 0.1) is 5.41 Å². The lowest BCUT2D eigenvalue weighted by Crippen LogP contribution is -2.40. The number of halogens is 1. The molecule has 0 saturated carbocycles. The van der Waals surface area contributed by atoms with E-state index in [9.17, 15) is 9.90 Å². The molecule has 1 aromatic carbocycles. The molecule has 0 fully saturated rings. The first kappa shape index (κ1) is 16.0. The van der Waals surface area contributed by atoms with Crippen LogP contribution in [0.2, 0.25) is 5.02 Å². The van der Waals surface area contributed by atoms with Crippen molar-refractivity contribution < 1.29 is 9.90 Å². The highest BCUT2D eigenvalue weighted by molar-refractivity contribution is 6.31. The lowest BCUT2D eigenvalue weighted by molar-refractivity contribution is -0.149. The minimum atomic E-state index is -0.725. The summed E-state index contributed by atoms with van der Waals surface area (Å²) in [5, 5.41) is 13.3. The molecule has 0 saturated heterocycles. The zero-order chi connectivity index (χ0) is 14.5. The van der Waals surface area contributed by atoms with Crippen molar-refractivity contribution in [3.63, 3.8) is 0 Å². The molecule has 3 nitrogen and oxygen atoms in total. The molecule has 0 atom stereocenters. The van der Waals surface area contributed by atoms with Gasteiger partial charge in [0.15, 0.2) is 0 Å². The molecular formula is C15H22ClNO2. The van der Waals surface area contributed by atoms with Crippen molar-refractivity contribution in [3.8, 4) is 0 Å². The van der Waals surface area contributed by atoms with Gasteiger partial charge in [-0.2, -0.15) is 0 Å². The molecule has 0 aliphatic rings. The van der Waals surface area contributed by atoms with Crippen LogP contribution >= 0.6 is 11.6 Å². The zero-order valence-corrected chi connectivity index (χ0v) is 12.5. The van der Waals surface area contributed by atoms with Crippen molar-refractivity contribution in [3.05, 3.63) is 34.3 Å². The third kappa shape index (κ3) is 3.95. The minimum Gasteiger partial charge on any atom is -0.481 e. The van der Waals surface area contributed by atoms with Gasteiger partial charge in [-0.25, -0.2) is 0 Å². The highest BCUT2D eigenvalue weighted by Crippen LogP contribution is 2.26. The number of aryl methyl sites for hydroxylation is 1. The van der Waals surface area contributed by atoms with E-state index in [0.717, 1.165) is 16.1 Å². The van der Waals surface area contributed by atoms with Crippen LogP contribution in [0, 0.1) is 12.3 Å². The van der Waals surface area contributed by atoms with Gasteiger partial charge in [0.1, 0.15) is 0 Å². The topological polar surface area (TPSA) is 49.3 Å². The van der Waals surface area contributed by atoms with Crippen molar-refractivity contribution in [2.45, 2.75) is 40.2 Å². The van der Waals surface area contributed by atoms with Crippen molar-refractivity contribution >= 4 is 17.6 Å². The lowest BCUT2D eigenvalue weighted by Gasteiger charge is -2.27. The Morgan fingerprint density at radius 2 is 2.00 bits per heavy atom. The molecule has 2 N–H and O–H groups in total. The van der Waals surface area contributed by atoms with E-state index in [1.165, 1.54) is 0 Å². The molecule has 0 aromatic heterocycles. The van der Waals surface area contributed by atoms with Crippen LogP contribution in [-0.4, -0.2) is 17.6 Å². The molecule has 0 radical (unpaired) electrons. The van der Waals surface area contributed by atoms with Gasteiger partial charge < -0.3 is 10.4 Å². The average Bonchev–Trinajstić information content (AvgIpc) is 2.39. The third-order valence-corrected chi connectivity index (χ3v) is 4.25. The number of nitrogens with one attached hydrogen (secondary N) is 1. The molecular weight excluding hydrogens is 262 g/mol. The summed E-state index contributed by atoms with van der Waals surface area (Å²) in [6, 6.07) is 5.86. The maximum absolute atomic E-state index is 11.4. The normalized spacial score (nSPS) is 11.6. The molecule has 0 aliphatic carbocycles. The molecule has 106 valence electrons. The highest BCUT2D eigenvalue weighted by Gasteiger charge is 2.34. The second kappa shape index (κ2) is 6.92. The molecule has 1 aromatic rings. The van der Waals surface area contributed by atoms with Gasteiger partial charge >= 0.3 is 5.97 Å². The summed E-state index contributed by atoms with van der Waals surface area (Å²) < 4.78 is 0. The fourth-order valence-corrected chi connectivity index (χ4v) is 2.26. The largest absolute Gasteiger partial charge is 0.481 e. The number of rotatable bonds is 7. The Balaban J connectivity index is 2.61. The molecule has 0 amide bonds. The predicted octanol–water partition coefficient (Wildman–Crippen LogP) is 3.63. The molecule has 0 spiro atoms. The van der Waals surface area contributed by atoms with E-state index in [2.05, 4.69) is 5.32 Å². The van der Waals surface area contributed by atoms with Crippen molar-refractivity contribution in [2.75, 3.05) is 6.54 Å². The monoisotopic (exact) mass is 283 g/mol. The van der Waals surface area contributed by atoms with Crippen LogP contribution in [0.15, 0.2) is 18.2 Å². The highest BCUT2D eigenvalue weighted by atomic mass is 35.5. The van der Waals surface area contributed by atoms with Crippen LogP contribution in [0.3, 0.4) is 0 Å². The molecule has 0 heterocycles. The van der Waals surface area contributed by atoms with Crippen LogP contribution in [0.1, 0.15) is 37.8 Å². The summed E-state index contributed by atoms with van der Waals surface area (Å²) in [6.07, 6.45) is 1.26. The summed E-state index contributed by atoms with van der Waals surface area (Å²) >= 11 is 5.98. The Hall–Kier alpha value is -1.06. The van der Waals surface area contributed by atoms with E-state index < -0.39 is 11.4 Å². The number of benzene rings is 1. The minimum absolute atomic E-state index is 0.483.